The average molecular weight is 268 g/mol. The second-order valence-electron chi connectivity index (χ2n) is 4.62. The van der Waals surface area contributed by atoms with Gasteiger partial charge in [-0.05, 0) is 18.9 Å². The van der Waals surface area contributed by atoms with Gasteiger partial charge in [0.2, 0.25) is 0 Å². The molecule has 3 rings (SSSR count). The van der Waals surface area contributed by atoms with Crippen molar-refractivity contribution >= 4 is 0 Å². The van der Waals surface area contributed by atoms with E-state index in [1.807, 2.05) is 49.5 Å². The SMILES string of the molecule is Cc1nccn1C.c1ccc(CCn2ccnc2)cc1. The van der Waals surface area contributed by atoms with E-state index in [-0.39, 0.29) is 0 Å². The molecule has 0 radical (unpaired) electrons. The van der Waals surface area contributed by atoms with Gasteiger partial charge in [0.1, 0.15) is 5.82 Å². The molecule has 4 heteroatoms. The van der Waals surface area contributed by atoms with E-state index in [9.17, 15) is 0 Å². The first-order chi connectivity index (χ1) is 9.75. The van der Waals surface area contributed by atoms with Crippen LogP contribution in [0.3, 0.4) is 0 Å². The highest BCUT2D eigenvalue weighted by Gasteiger charge is 1.92. The molecule has 20 heavy (non-hydrogen) atoms. The minimum Gasteiger partial charge on any atom is -0.338 e. The van der Waals surface area contributed by atoms with Gasteiger partial charge in [-0.25, -0.2) is 9.97 Å². The molecule has 0 aliphatic carbocycles. The molecule has 0 spiro atoms. The van der Waals surface area contributed by atoms with E-state index in [0.29, 0.717) is 0 Å². The maximum atomic E-state index is 4.00. The molecule has 0 saturated carbocycles. The molecule has 1 aromatic carbocycles. The first-order valence-corrected chi connectivity index (χ1v) is 6.69. The van der Waals surface area contributed by atoms with Crippen LogP contribution in [0.15, 0.2) is 61.4 Å². The summed E-state index contributed by atoms with van der Waals surface area (Å²) in [6.45, 7) is 2.98. The van der Waals surface area contributed by atoms with Crippen LogP contribution in [0.2, 0.25) is 0 Å². The van der Waals surface area contributed by atoms with E-state index in [1.165, 1.54) is 5.56 Å². The summed E-state index contributed by atoms with van der Waals surface area (Å²) in [5.74, 6) is 1.06. The summed E-state index contributed by atoms with van der Waals surface area (Å²) < 4.78 is 4.06. The Bertz CT molecular complexity index is 580. The van der Waals surface area contributed by atoms with E-state index < -0.39 is 0 Å². The fraction of sp³-hybridized carbons (Fsp3) is 0.250. The molecule has 4 nitrogen and oxygen atoms in total. The molecule has 0 fully saturated rings. The van der Waals surface area contributed by atoms with Gasteiger partial charge in [-0.15, -0.1) is 0 Å². The highest BCUT2D eigenvalue weighted by atomic mass is 15.0. The average Bonchev–Trinajstić information content (AvgIpc) is 3.12. The van der Waals surface area contributed by atoms with Crippen molar-refractivity contribution in [2.24, 2.45) is 7.05 Å². The van der Waals surface area contributed by atoms with Crippen molar-refractivity contribution in [1.82, 2.24) is 19.1 Å². The summed E-state index contributed by atoms with van der Waals surface area (Å²) >= 11 is 0. The van der Waals surface area contributed by atoms with E-state index in [2.05, 4.69) is 38.8 Å². The number of imidazole rings is 2. The molecule has 0 atom stereocenters. The molecule has 0 N–H and O–H groups in total. The van der Waals surface area contributed by atoms with Crippen LogP contribution in [0, 0.1) is 6.92 Å². The van der Waals surface area contributed by atoms with Gasteiger partial charge in [0.15, 0.2) is 0 Å². The Hall–Kier alpha value is -2.36. The zero-order valence-electron chi connectivity index (χ0n) is 12.0. The van der Waals surface area contributed by atoms with Crippen molar-refractivity contribution in [3.8, 4) is 0 Å². The van der Waals surface area contributed by atoms with Crippen molar-refractivity contribution in [3.05, 3.63) is 72.8 Å². The lowest BCUT2D eigenvalue weighted by Crippen LogP contribution is -1.97. The molecular formula is C16H20N4. The lowest BCUT2D eigenvalue weighted by molar-refractivity contribution is 0.696. The molecule has 0 amide bonds. The van der Waals surface area contributed by atoms with Gasteiger partial charge < -0.3 is 9.13 Å². The summed E-state index contributed by atoms with van der Waals surface area (Å²) in [6.07, 6.45) is 10.4. The van der Waals surface area contributed by atoms with Gasteiger partial charge in [-0.1, -0.05) is 30.3 Å². The number of aryl methyl sites for hydroxylation is 4. The van der Waals surface area contributed by atoms with Crippen molar-refractivity contribution in [1.29, 1.82) is 0 Å². The predicted octanol–water partition coefficient (Wildman–Crippen LogP) is 2.85. The molecule has 2 aromatic heterocycles. The Morgan fingerprint density at radius 3 is 2.35 bits per heavy atom. The normalized spacial score (nSPS) is 9.90. The number of benzene rings is 1. The van der Waals surface area contributed by atoms with Crippen LogP contribution in [0.5, 0.6) is 0 Å². The summed E-state index contributed by atoms with van der Waals surface area (Å²) in [4.78, 5) is 7.98. The Labute approximate surface area is 119 Å². The fourth-order valence-corrected chi connectivity index (χ4v) is 1.76. The standard InChI is InChI=1S/C11H12N2.C5H8N2/c1-2-4-11(5-3-1)6-8-13-9-7-12-10-13;1-5-6-3-4-7(5)2/h1-5,7,9-10H,6,8H2;3-4H,1-2H3. The molecule has 3 aromatic rings. The van der Waals surface area contributed by atoms with Gasteiger partial charge in [0.25, 0.3) is 0 Å². The molecule has 104 valence electrons. The largest absolute Gasteiger partial charge is 0.338 e. The molecular weight excluding hydrogens is 248 g/mol. The number of hydrogen-bond donors (Lipinski definition) is 0. The number of aromatic nitrogens is 4. The quantitative estimate of drug-likeness (QED) is 0.732. The summed E-state index contributed by atoms with van der Waals surface area (Å²) in [6, 6.07) is 10.5. The Morgan fingerprint density at radius 1 is 1.05 bits per heavy atom. The van der Waals surface area contributed by atoms with E-state index in [1.54, 1.807) is 6.20 Å². The van der Waals surface area contributed by atoms with Crippen LogP contribution >= 0.6 is 0 Å². The van der Waals surface area contributed by atoms with Gasteiger partial charge >= 0.3 is 0 Å². The van der Waals surface area contributed by atoms with Crippen molar-refractivity contribution in [2.45, 2.75) is 19.9 Å². The summed E-state index contributed by atoms with van der Waals surface area (Å²) in [7, 11) is 1.97. The zero-order chi connectivity index (χ0) is 14.2. The molecule has 0 aliphatic rings. The third kappa shape index (κ3) is 4.39. The van der Waals surface area contributed by atoms with E-state index in [0.717, 1.165) is 18.8 Å². The van der Waals surface area contributed by atoms with Gasteiger partial charge in [-0.2, -0.15) is 0 Å². The molecule has 0 saturated heterocycles. The van der Waals surface area contributed by atoms with Crippen LogP contribution in [0.4, 0.5) is 0 Å². The van der Waals surface area contributed by atoms with Gasteiger partial charge in [-0.3, -0.25) is 0 Å². The maximum Gasteiger partial charge on any atom is 0.105 e. The highest BCUT2D eigenvalue weighted by molar-refractivity contribution is 5.14. The molecule has 2 heterocycles. The third-order valence-corrected chi connectivity index (χ3v) is 3.12. The van der Waals surface area contributed by atoms with Crippen molar-refractivity contribution in [3.63, 3.8) is 0 Å². The topological polar surface area (TPSA) is 35.6 Å². The van der Waals surface area contributed by atoms with Crippen LogP contribution in [0.25, 0.3) is 0 Å². The summed E-state index contributed by atoms with van der Waals surface area (Å²) in [5.41, 5.74) is 1.37. The van der Waals surface area contributed by atoms with E-state index >= 15 is 0 Å². The van der Waals surface area contributed by atoms with Crippen LogP contribution in [-0.2, 0) is 20.0 Å². The zero-order valence-corrected chi connectivity index (χ0v) is 12.0. The van der Waals surface area contributed by atoms with Gasteiger partial charge in [0.05, 0.1) is 6.33 Å². The van der Waals surface area contributed by atoms with Crippen LogP contribution in [-0.4, -0.2) is 19.1 Å². The van der Waals surface area contributed by atoms with Crippen molar-refractivity contribution in [2.75, 3.05) is 0 Å². The third-order valence-electron chi connectivity index (χ3n) is 3.12. The fourth-order valence-electron chi connectivity index (χ4n) is 1.76. The first kappa shape index (κ1) is 14.1. The first-order valence-electron chi connectivity index (χ1n) is 6.69. The number of hydrogen-bond acceptors (Lipinski definition) is 2. The molecule has 0 unspecified atom stereocenters. The minimum absolute atomic E-state index is 1.00. The number of nitrogens with zero attached hydrogens (tertiary/aromatic N) is 4. The van der Waals surface area contributed by atoms with Crippen LogP contribution < -0.4 is 0 Å². The Balaban J connectivity index is 0.000000178. The minimum atomic E-state index is 1.00. The number of rotatable bonds is 3. The lowest BCUT2D eigenvalue weighted by atomic mass is 10.1. The smallest absolute Gasteiger partial charge is 0.105 e. The Morgan fingerprint density at radius 2 is 1.85 bits per heavy atom. The van der Waals surface area contributed by atoms with Crippen molar-refractivity contribution < 1.29 is 0 Å². The second-order valence-corrected chi connectivity index (χ2v) is 4.62. The molecule has 0 bridgehead atoms. The van der Waals surface area contributed by atoms with Gasteiger partial charge in [0, 0.05) is 38.4 Å². The Kier molecular flexibility index (Phi) is 5.12. The lowest BCUT2D eigenvalue weighted by Gasteiger charge is -2.01. The maximum absolute atomic E-state index is 4.00. The van der Waals surface area contributed by atoms with E-state index in [4.69, 9.17) is 0 Å². The summed E-state index contributed by atoms with van der Waals surface area (Å²) in [5, 5.41) is 0. The predicted molar refractivity (Wildman–Crippen MR) is 80.3 cm³/mol. The second kappa shape index (κ2) is 7.28. The molecule has 0 aliphatic heterocycles. The van der Waals surface area contributed by atoms with Crippen LogP contribution in [0.1, 0.15) is 11.4 Å². The monoisotopic (exact) mass is 268 g/mol. The highest BCUT2D eigenvalue weighted by Crippen LogP contribution is 2.01.